The number of nitrogens with zero attached hydrogens (tertiary/aromatic N) is 1. The lowest BCUT2D eigenvalue weighted by Crippen LogP contribution is -2.63. The minimum absolute atomic E-state index is 0.120. The predicted molar refractivity (Wildman–Crippen MR) is 76.9 cm³/mol. The first-order valence-corrected chi connectivity index (χ1v) is 8.08. The maximum atomic E-state index is 12.5. The summed E-state index contributed by atoms with van der Waals surface area (Å²) in [7, 11) is -3.64. The molecule has 1 saturated heterocycles. The largest absolute Gasteiger partial charge is 0.480 e. The molecule has 0 amide bonds. The van der Waals surface area contributed by atoms with Crippen LogP contribution in [0.2, 0.25) is 5.02 Å². The molecule has 6 nitrogen and oxygen atoms in total. The van der Waals surface area contributed by atoms with Gasteiger partial charge in [-0.3, -0.25) is 0 Å². The summed E-state index contributed by atoms with van der Waals surface area (Å²) in [5.41, 5.74) is -0.267. The third kappa shape index (κ3) is 3.21. The molecule has 0 radical (unpaired) electrons. The number of carboxylic acid groups (broad SMARTS) is 1. The Kier molecular flexibility index (Phi) is 4.30. The van der Waals surface area contributed by atoms with Crippen molar-refractivity contribution in [2.45, 2.75) is 24.3 Å². The van der Waals surface area contributed by atoms with Gasteiger partial charge in [-0.05, 0) is 31.5 Å². The Morgan fingerprint density at radius 2 is 2.10 bits per heavy atom. The van der Waals surface area contributed by atoms with E-state index in [4.69, 9.17) is 21.4 Å². The van der Waals surface area contributed by atoms with Crippen molar-refractivity contribution in [2.24, 2.45) is 0 Å². The highest BCUT2D eigenvalue weighted by molar-refractivity contribution is 7.89. The van der Waals surface area contributed by atoms with E-state index in [1.807, 2.05) is 0 Å². The van der Waals surface area contributed by atoms with Crippen LogP contribution in [0.15, 0.2) is 23.1 Å². The molecular formula is C13H16ClNO5S. The molecule has 0 unspecified atom stereocenters. The van der Waals surface area contributed by atoms with Gasteiger partial charge in [0.2, 0.25) is 10.0 Å². The Bertz CT molecular complexity index is 667. The van der Waals surface area contributed by atoms with Gasteiger partial charge in [-0.25, -0.2) is 13.2 Å². The van der Waals surface area contributed by atoms with Gasteiger partial charge in [-0.2, -0.15) is 4.31 Å². The molecule has 1 heterocycles. The van der Waals surface area contributed by atoms with E-state index in [1.165, 1.54) is 10.4 Å². The summed E-state index contributed by atoms with van der Waals surface area (Å²) < 4.78 is 31.5. The van der Waals surface area contributed by atoms with Gasteiger partial charge in [0.1, 0.15) is 6.61 Å². The molecule has 1 aromatic rings. The molecule has 2 rings (SSSR count). The average Bonchev–Trinajstić information content (AvgIpc) is 2.36. The van der Waals surface area contributed by atoms with Crippen LogP contribution in [0.3, 0.4) is 0 Å². The number of rotatable bonds is 5. The van der Waals surface area contributed by atoms with Crippen molar-refractivity contribution in [3.05, 3.63) is 28.8 Å². The van der Waals surface area contributed by atoms with Crippen LogP contribution in [0.1, 0.15) is 12.5 Å². The normalized spacial score (nSPS) is 18.2. The van der Waals surface area contributed by atoms with Crippen LogP contribution in [0.5, 0.6) is 0 Å². The zero-order chi connectivity index (χ0) is 15.8. The van der Waals surface area contributed by atoms with Crippen molar-refractivity contribution in [3.63, 3.8) is 0 Å². The molecule has 0 aliphatic carbocycles. The summed E-state index contributed by atoms with van der Waals surface area (Å²) in [6.45, 7) is 3.13. The molecule has 0 aromatic heterocycles. The lowest BCUT2D eigenvalue weighted by atomic mass is 10.0. The van der Waals surface area contributed by atoms with Crippen molar-refractivity contribution in [1.29, 1.82) is 0 Å². The van der Waals surface area contributed by atoms with Crippen LogP contribution in [-0.4, -0.2) is 49.1 Å². The molecule has 116 valence electrons. The maximum Gasteiger partial charge on any atom is 0.329 e. The number of carboxylic acids is 1. The van der Waals surface area contributed by atoms with Crippen LogP contribution >= 0.6 is 11.6 Å². The van der Waals surface area contributed by atoms with Crippen LogP contribution in [0, 0.1) is 6.92 Å². The Labute approximate surface area is 128 Å². The summed E-state index contributed by atoms with van der Waals surface area (Å²) in [5, 5.41) is 8.99. The second-order valence-electron chi connectivity index (χ2n) is 5.27. The van der Waals surface area contributed by atoms with E-state index < -0.39 is 28.2 Å². The molecule has 0 bridgehead atoms. The van der Waals surface area contributed by atoms with Crippen LogP contribution < -0.4 is 0 Å². The molecule has 21 heavy (non-hydrogen) atoms. The van der Waals surface area contributed by atoms with Gasteiger partial charge in [0, 0.05) is 18.1 Å². The summed E-state index contributed by atoms with van der Waals surface area (Å²) >= 11 is 5.95. The fraction of sp³-hybridized carbons (Fsp3) is 0.462. The molecule has 1 aromatic carbocycles. The van der Waals surface area contributed by atoms with Gasteiger partial charge in [0.25, 0.3) is 0 Å². The standard InChI is InChI=1S/C13H16ClNO5S/c1-9-10(14)4-3-5-11(9)21(18,19)15-7-13(2,8-15)20-6-12(16)17/h3-5H,6-8H2,1-2H3,(H,16,17). The monoisotopic (exact) mass is 333 g/mol. The lowest BCUT2D eigenvalue weighted by molar-refractivity contribution is -0.157. The molecule has 1 aliphatic heterocycles. The quantitative estimate of drug-likeness (QED) is 0.883. The van der Waals surface area contributed by atoms with Crippen molar-refractivity contribution >= 4 is 27.6 Å². The molecule has 0 spiro atoms. The Morgan fingerprint density at radius 1 is 1.48 bits per heavy atom. The smallest absolute Gasteiger partial charge is 0.329 e. The Balaban J connectivity index is 2.14. The topological polar surface area (TPSA) is 83.9 Å². The minimum atomic E-state index is -3.64. The number of benzene rings is 1. The fourth-order valence-corrected chi connectivity index (χ4v) is 4.35. The van der Waals surface area contributed by atoms with E-state index in [2.05, 4.69) is 0 Å². The van der Waals surface area contributed by atoms with E-state index in [-0.39, 0.29) is 18.0 Å². The number of halogens is 1. The summed E-state index contributed by atoms with van der Waals surface area (Å²) in [6, 6.07) is 4.72. The highest BCUT2D eigenvalue weighted by Crippen LogP contribution is 2.33. The Morgan fingerprint density at radius 3 is 2.67 bits per heavy atom. The molecule has 0 saturated carbocycles. The van der Waals surface area contributed by atoms with E-state index in [1.54, 1.807) is 26.0 Å². The predicted octanol–water partition coefficient (Wildman–Crippen LogP) is 1.51. The maximum absolute atomic E-state index is 12.5. The minimum Gasteiger partial charge on any atom is -0.480 e. The first-order chi connectivity index (χ1) is 9.66. The van der Waals surface area contributed by atoms with Crippen molar-refractivity contribution in [3.8, 4) is 0 Å². The van der Waals surface area contributed by atoms with E-state index in [0.29, 0.717) is 10.6 Å². The van der Waals surface area contributed by atoms with E-state index in [9.17, 15) is 13.2 Å². The molecule has 1 N–H and O–H groups in total. The van der Waals surface area contributed by atoms with Gasteiger partial charge in [-0.1, -0.05) is 17.7 Å². The van der Waals surface area contributed by atoms with Crippen molar-refractivity contribution < 1.29 is 23.1 Å². The van der Waals surface area contributed by atoms with E-state index >= 15 is 0 Å². The summed E-state index contributed by atoms with van der Waals surface area (Å²) in [6.07, 6.45) is 0. The first kappa shape index (κ1) is 16.2. The zero-order valence-electron chi connectivity index (χ0n) is 11.7. The van der Waals surface area contributed by atoms with Gasteiger partial charge in [0.15, 0.2) is 0 Å². The second kappa shape index (κ2) is 5.57. The second-order valence-corrected chi connectivity index (χ2v) is 7.58. The third-order valence-corrected chi connectivity index (χ3v) is 5.75. The number of aliphatic carboxylic acids is 1. The van der Waals surface area contributed by atoms with Crippen LogP contribution in [0.4, 0.5) is 0 Å². The number of carbonyl (C=O) groups is 1. The highest BCUT2D eigenvalue weighted by Gasteiger charge is 2.46. The number of sulfonamides is 1. The van der Waals surface area contributed by atoms with Crippen molar-refractivity contribution in [2.75, 3.05) is 19.7 Å². The van der Waals surface area contributed by atoms with Crippen LogP contribution in [-0.2, 0) is 19.6 Å². The lowest BCUT2D eigenvalue weighted by Gasteiger charge is -2.46. The highest BCUT2D eigenvalue weighted by atomic mass is 35.5. The molecule has 1 aliphatic rings. The molecular weight excluding hydrogens is 318 g/mol. The fourth-order valence-electron chi connectivity index (χ4n) is 2.20. The molecule has 0 atom stereocenters. The average molecular weight is 334 g/mol. The van der Waals surface area contributed by atoms with Gasteiger partial charge in [0.05, 0.1) is 10.5 Å². The van der Waals surface area contributed by atoms with E-state index in [0.717, 1.165) is 0 Å². The van der Waals surface area contributed by atoms with Crippen molar-refractivity contribution in [1.82, 2.24) is 4.31 Å². The molecule has 8 heteroatoms. The zero-order valence-corrected chi connectivity index (χ0v) is 13.2. The number of hydrogen-bond acceptors (Lipinski definition) is 4. The first-order valence-electron chi connectivity index (χ1n) is 6.27. The number of hydrogen-bond donors (Lipinski definition) is 1. The van der Waals surface area contributed by atoms with Crippen LogP contribution in [0.25, 0.3) is 0 Å². The molecule has 1 fully saturated rings. The number of ether oxygens (including phenoxy) is 1. The summed E-state index contributed by atoms with van der Waals surface area (Å²) in [5.74, 6) is -1.08. The SMILES string of the molecule is Cc1c(Cl)cccc1S(=O)(=O)N1CC(C)(OCC(=O)O)C1. The summed E-state index contributed by atoms with van der Waals surface area (Å²) in [4.78, 5) is 10.7. The Hall–Kier alpha value is -1.15. The third-order valence-electron chi connectivity index (χ3n) is 3.40. The van der Waals surface area contributed by atoms with Gasteiger partial charge < -0.3 is 9.84 Å². The van der Waals surface area contributed by atoms with Gasteiger partial charge >= 0.3 is 5.97 Å². The van der Waals surface area contributed by atoms with Gasteiger partial charge in [-0.15, -0.1) is 0 Å².